The van der Waals surface area contributed by atoms with E-state index in [2.05, 4.69) is 4.98 Å². The van der Waals surface area contributed by atoms with E-state index in [1.165, 1.54) is 0 Å². The second-order valence-corrected chi connectivity index (χ2v) is 3.36. The summed E-state index contributed by atoms with van der Waals surface area (Å²) in [6.45, 7) is 3.72. The van der Waals surface area contributed by atoms with Crippen LogP contribution < -0.4 is 0 Å². The summed E-state index contributed by atoms with van der Waals surface area (Å²) in [6, 6.07) is 3.50. The van der Waals surface area contributed by atoms with Crippen molar-refractivity contribution in [1.29, 1.82) is 0 Å². The van der Waals surface area contributed by atoms with Crippen molar-refractivity contribution in [3.8, 4) is 0 Å². The highest BCUT2D eigenvalue weighted by molar-refractivity contribution is 6.01. The van der Waals surface area contributed by atoms with Gasteiger partial charge in [0, 0.05) is 25.1 Å². The topological polar surface area (TPSA) is 39.2 Å². The number of carbonyl (C=O) groups excluding carboxylic acids is 1. The molecule has 0 bridgehead atoms. The van der Waals surface area contributed by atoms with Gasteiger partial charge in [0.05, 0.1) is 0 Å². The minimum absolute atomic E-state index is 0.0180. The number of pyridine rings is 1. The van der Waals surface area contributed by atoms with Crippen LogP contribution in [-0.4, -0.2) is 23.5 Å². The van der Waals surface area contributed by atoms with Gasteiger partial charge in [-0.25, -0.2) is 0 Å². The van der Waals surface area contributed by atoms with E-state index in [0.29, 0.717) is 12.0 Å². The van der Waals surface area contributed by atoms with Crippen molar-refractivity contribution in [2.45, 2.75) is 25.9 Å². The summed E-state index contributed by atoms with van der Waals surface area (Å²) < 4.78 is 5.23. The Morgan fingerprint density at radius 2 is 2.36 bits per heavy atom. The lowest BCUT2D eigenvalue weighted by molar-refractivity contribution is 0.0106. The number of hydrogen-bond donors (Lipinski definition) is 0. The molecule has 3 heteroatoms. The van der Waals surface area contributed by atoms with E-state index in [-0.39, 0.29) is 5.78 Å². The van der Waals surface area contributed by atoms with Gasteiger partial charge >= 0.3 is 0 Å². The molecule has 0 spiro atoms. The van der Waals surface area contributed by atoms with Crippen LogP contribution in [0, 0.1) is 0 Å². The van der Waals surface area contributed by atoms with Crippen molar-refractivity contribution in [3.05, 3.63) is 30.1 Å². The first-order valence-corrected chi connectivity index (χ1v) is 4.64. The quantitative estimate of drug-likeness (QED) is 0.687. The fourth-order valence-corrected chi connectivity index (χ4v) is 1.20. The molecule has 0 radical (unpaired) electrons. The fraction of sp³-hybridized carbons (Fsp3) is 0.455. The van der Waals surface area contributed by atoms with Gasteiger partial charge in [0.2, 0.25) is 0 Å². The third-order valence-corrected chi connectivity index (χ3v) is 2.53. The highest BCUT2D eigenvalue weighted by Gasteiger charge is 2.31. The summed E-state index contributed by atoms with van der Waals surface area (Å²) >= 11 is 0. The third kappa shape index (κ3) is 1.99. The number of ether oxygens (including phenoxy) is 1. The molecule has 1 unspecified atom stereocenters. The van der Waals surface area contributed by atoms with Gasteiger partial charge in [0.15, 0.2) is 5.78 Å². The lowest BCUT2D eigenvalue weighted by Crippen LogP contribution is -2.36. The van der Waals surface area contributed by atoms with Crippen LogP contribution in [0.3, 0.4) is 0 Å². The molecular formula is C11H15NO2. The Morgan fingerprint density at radius 3 is 2.79 bits per heavy atom. The average molecular weight is 193 g/mol. The summed E-state index contributed by atoms with van der Waals surface area (Å²) in [5, 5.41) is 0. The Bertz CT molecular complexity index is 304. The van der Waals surface area contributed by atoms with Crippen LogP contribution in [0.2, 0.25) is 0 Å². The van der Waals surface area contributed by atoms with E-state index in [9.17, 15) is 4.79 Å². The highest BCUT2D eigenvalue weighted by atomic mass is 16.5. The summed E-state index contributed by atoms with van der Waals surface area (Å²) in [5.74, 6) is -0.0180. The molecule has 1 aromatic heterocycles. The molecule has 0 aliphatic heterocycles. The second kappa shape index (κ2) is 4.33. The predicted molar refractivity (Wildman–Crippen MR) is 54.3 cm³/mol. The largest absolute Gasteiger partial charge is 0.370 e. The molecule has 14 heavy (non-hydrogen) atoms. The van der Waals surface area contributed by atoms with E-state index < -0.39 is 5.60 Å². The minimum Gasteiger partial charge on any atom is -0.370 e. The zero-order chi connectivity index (χ0) is 10.6. The Hall–Kier alpha value is -1.22. The summed E-state index contributed by atoms with van der Waals surface area (Å²) in [4.78, 5) is 15.9. The number of hydrogen-bond acceptors (Lipinski definition) is 3. The molecule has 0 aromatic carbocycles. The fourth-order valence-electron chi connectivity index (χ4n) is 1.20. The molecule has 1 rings (SSSR count). The van der Waals surface area contributed by atoms with Crippen molar-refractivity contribution in [2.24, 2.45) is 0 Å². The number of nitrogens with zero attached hydrogens (tertiary/aromatic N) is 1. The minimum atomic E-state index is -0.733. The Kier molecular flexibility index (Phi) is 3.36. The van der Waals surface area contributed by atoms with Crippen molar-refractivity contribution in [2.75, 3.05) is 7.11 Å². The number of ketones is 1. The molecule has 0 saturated heterocycles. The lowest BCUT2D eigenvalue weighted by Gasteiger charge is -2.24. The standard InChI is InChI=1S/C11H15NO2/c1-4-11(2,14-3)10(13)9-6-5-7-12-8-9/h5-8H,4H2,1-3H3. The van der Waals surface area contributed by atoms with E-state index in [0.717, 1.165) is 0 Å². The number of rotatable bonds is 4. The maximum atomic E-state index is 12.0. The van der Waals surface area contributed by atoms with Crippen LogP contribution in [0.25, 0.3) is 0 Å². The molecule has 3 nitrogen and oxygen atoms in total. The zero-order valence-electron chi connectivity index (χ0n) is 8.78. The smallest absolute Gasteiger partial charge is 0.195 e. The number of carbonyl (C=O) groups is 1. The normalized spacial score (nSPS) is 14.8. The Labute approximate surface area is 84.1 Å². The number of aromatic nitrogens is 1. The first kappa shape index (κ1) is 10.9. The summed E-state index contributed by atoms with van der Waals surface area (Å²) in [7, 11) is 1.55. The molecule has 0 N–H and O–H groups in total. The van der Waals surface area contributed by atoms with Crippen LogP contribution in [0.4, 0.5) is 0 Å². The van der Waals surface area contributed by atoms with Gasteiger partial charge in [0.25, 0.3) is 0 Å². The second-order valence-electron chi connectivity index (χ2n) is 3.36. The zero-order valence-corrected chi connectivity index (χ0v) is 8.78. The SMILES string of the molecule is CCC(C)(OC)C(=O)c1cccnc1. The van der Waals surface area contributed by atoms with Crippen LogP contribution >= 0.6 is 0 Å². The maximum Gasteiger partial charge on any atom is 0.195 e. The molecule has 0 saturated carbocycles. The van der Waals surface area contributed by atoms with Crippen molar-refractivity contribution in [3.63, 3.8) is 0 Å². The van der Waals surface area contributed by atoms with Gasteiger partial charge in [0.1, 0.15) is 5.60 Å². The van der Waals surface area contributed by atoms with E-state index in [1.54, 1.807) is 38.6 Å². The molecule has 0 aliphatic carbocycles. The molecule has 0 amide bonds. The van der Waals surface area contributed by atoms with Gasteiger partial charge in [-0.2, -0.15) is 0 Å². The number of Topliss-reactive ketones (excluding diaryl/α,β-unsaturated/α-hetero) is 1. The van der Waals surface area contributed by atoms with Gasteiger partial charge in [-0.15, -0.1) is 0 Å². The molecule has 0 fully saturated rings. The molecular weight excluding hydrogens is 178 g/mol. The van der Waals surface area contributed by atoms with E-state index in [4.69, 9.17) is 4.74 Å². The van der Waals surface area contributed by atoms with Crippen LogP contribution in [0.5, 0.6) is 0 Å². The summed E-state index contributed by atoms with van der Waals surface area (Å²) in [5.41, 5.74) is -0.137. The van der Waals surface area contributed by atoms with E-state index >= 15 is 0 Å². The molecule has 76 valence electrons. The first-order valence-electron chi connectivity index (χ1n) is 4.64. The highest BCUT2D eigenvalue weighted by Crippen LogP contribution is 2.19. The first-order chi connectivity index (χ1) is 6.64. The van der Waals surface area contributed by atoms with Crippen molar-refractivity contribution >= 4 is 5.78 Å². The Balaban J connectivity index is 2.95. The lowest BCUT2D eigenvalue weighted by atomic mass is 9.93. The van der Waals surface area contributed by atoms with E-state index in [1.807, 2.05) is 6.92 Å². The predicted octanol–water partition coefficient (Wildman–Crippen LogP) is 2.08. The molecule has 0 aliphatic rings. The van der Waals surface area contributed by atoms with Crippen LogP contribution in [0.1, 0.15) is 30.6 Å². The summed E-state index contributed by atoms with van der Waals surface area (Å²) in [6.07, 6.45) is 3.86. The number of methoxy groups -OCH3 is 1. The maximum absolute atomic E-state index is 12.0. The van der Waals surface area contributed by atoms with Crippen molar-refractivity contribution in [1.82, 2.24) is 4.98 Å². The monoisotopic (exact) mass is 193 g/mol. The molecule has 1 atom stereocenters. The average Bonchev–Trinajstić information content (AvgIpc) is 2.28. The van der Waals surface area contributed by atoms with Gasteiger partial charge in [-0.05, 0) is 25.5 Å². The Morgan fingerprint density at radius 1 is 1.64 bits per heavy atom. The van der Waals surface area contributed by atoms with Crippen molar-refractivity contribution < 1.29 is 9.53 Å². The van der Waals surface area contributed by atoms with Crippen LogP contribution in [0.15, 0.2) is 24.5 Å². The van der Waals surface area contributed by atoms with Gasteiger partial charge in [-0.1, -0.05) is 6.92 Å². The molecule has 1 aromatic rings. The van der Waals surface area contributed by atoms with Crippen LogP contribution in [-0.2, 0) is 4.74 Å². The third-order valence-electron chi connectivity index (χ3n) is 2.53. The van der Waals surface area contributed by atoms with Gasteiger partial charge in [-0.3, -0.25) is 9.78 Å². The van der Waals surface area contributed by atoms with Gasteiger partial charge < -0.3 is 4.74 Å². The molecule has 1 heterocycles.